The molecular formula is C27H28FN5O2. The number of aromatic nitrogens is 2. The summed E-state index contributed by atoms with van der Waals surface area (Å²) in [5.41, 5.74) is 4.27. The summed E-state index contributed by atoms with van der Waals surface area (Å²) < 4.78 is 15.5. The fourth-order valence-electron chi connectivity index (χ4n) is 4.67. The summed E-state index contributed by atoms with van der Waals surface area (Å²) in [7, 11) is 0. The molecule has 3 aromatic carbocycles. The van der Waals surface area contributed by atoms with Crippen molar-refractivity contribution in [3.05, 3.63) is 99.9 Å². The molecule has 1 aliphatic rings. The van der Waals surface area contributed by atoms with Crippen molar-refractivity contribution in [1.29, 1.82) is 0 Å². The molecule has 5 rings (SSSR count). The van der Waals surface area contributed by atoms with Crippen molar-refractivity contribution in [3.63, 3.8) is 0 Å². The standard InChI is InChI=1S/C27H28FN5O2/c28-22-9-5-21(6-10-22)19-32-26-4-2-1-3-25(26)30-27(32)29-23-14-17-31(18-15-23)16-13-20-7-11-24(12-8-20)33(34)35/h1-12,23H,13-19H2,(H,29,30). The van der Waals surface area contributed by atoms with Crippen LogP contribution in [-0.2, 0) is 13.0 Å². The first-order chi connectivity index (χ1) is 17.0. The number of piperidine rings is 1. The Labute approximate surface area is 203 Å². The van der Waals surface area contributed by atoms with Crippen LogP contribution >= 0.6 is 0 Å². The Morgan fingerprint density at radius 1 is 0.971 bits per heavy atom. The van der Waals surface area contributed by atoms with Crippen molar-refractivity contribution in [2.45, 2.75) is 31.8 Å². The second kappa shape index (κ2) is 10.2. The molecule has 0 spiro atoms. The van der Waals surface area contributed by atoms with Gasteiger partial charge in [0.15, 0.2) is 0 Å². The maximum absolute atomic E-state index is 13.4. The third kappa shape index (κ3) is 5.49. The van der Waals surface area contributed by atoms with E-state index in [-0.39, 0.29) is 16.4 Å². The molecule has 0 aliphatic carbocycles. The van der Waals surface area contributed by atoms with Crippen LogP contribution in [0, 0.1) is 15.9 Å². The van der Waals surface area contributed by atoms with Crippen LogP contribution < -0.4 is 5.32 Å². The number of likely N-dealkylation sites (tertiary alicyclic amines) is 1. The molecule has 0 atom stereocenters. The number of hydrogen-bond donors (Lipinski definition) is 1. The van der Waals surface area contributed by atoms with Crippen LogP contribution in [0.4, 0.5) is 16.0 Å². The SMILES string of the molecule is O=[N+]([O-])c1ccc(CCN2CCC(Nc3nc4ccccc4n3Cc3ccc(F)cc3)CC2)cc1. The summed E-state index contributed by atoms with van der Waals surface area (Å²) in [6.45, 7) is 3.54. The first kappa shape index (κ1) is 23.0. The summed E-state index contributed by atoms with van der Waals surface area (Å²) in [6, 6.07) is 21.9. The number of hydrogen-bond acceptors (Lipinski definition) is 5. The number of nitrogens with zero attached hydrogens (tertiary/aromatic N) is 4. The smallest absolute Gasteiger partial charge is 0.269 e. The fourth-order valence-corrected chi connectivity index (χ4v) is 4.67. The van der Waals surface area contributed by atoms with E-state index < -0.39 is 0 Å². The second-order valence-corrected chi connectivity index (χ2v) is 9.07. The van der Waals surface area contributed by atoms with Crippen molar-refractivity contribution >= 4 is 22.7 Å². The summed E-state index contributed by atoms with van der Waals surface area (Å²) in [5, 5.41) is 14.5. The van der Waals surface area contributed by atoms with Gasteiger partial charge in [0.1, 0.15) is 5.82 Å². The van der Waals surface area contributed by atoms with Gasteiger partial charge in [-0.25, -0.2) is 9.37 Å². The molecule has 0 bridgehead atoms. The second-order valence-electron chi connectivity index (χ2n) is 9.07. The topological polar surface area (TPSA) is 76.2 Å². The molecule has 35 heavy (non-hydrogen) atoms. The Balaban J connectivity index is 1.20. The molecule has 1 fully saturated rings. The number of non-ortho nitro benzene ring substituents is 1. The highest BCUT2D eigenvalue weighted by Crippen LogP contribution is 2.24. The van der Waals surface area contributed by atoms with E-state index in [9.17, 15) is 14.5 Å². The Kier molecular flexibility index (Phi) is 6.72. The number of imidazole rings is 1. The quantitative estimate of drug-likeness (QED) is 0.279. The molecule has 0 unspecified atom stereocenters. The number of para-hydroxylation sites is 2. The third-order valence-electron chi connectivity index (χ3n) is 6.69. The van der Waals surface area contributed by atoms with Crippen molar-refractivity contribution < 1.29 is 9.31 Å². The lowest BCUT2D eigenvalue weighted by Crippen LogP contribution is -2.40. The Morgan fingerprint density at radius 3 is 2.37 bits per heavy atom. The number of halogens is 1. The third-order valence-corrected chi connectivity index (χ3v) is 6.69. The van der Waals surface area contributed by atoms with Crippen LogP contribution in [0.3, 0.4) is 0 Å². The number of anilines is 1. The van der Waals surface area contributed by atoms with Crippen molar-refractivity contribution in [1.82, 2.24) is 14.5 Å². The predicted molar refractivity (Wildman–Crippen MR) is 135 cm³/mol. The molecular weight excluding hydrogens is 445 g/mol. The lowest BCUT2D eigenvalue weighted by atomic mass is 10.0. The molecule has 180 valence electrons. The summed E-state index contributed by atoms with van der Waals surface area (Å²) in [4.78, 5) is 17.8. The number of nitrogens with one attached hydrogen (secondary N) is 1. The van der Waals surface area contributed by atoms with Gasteiger partial charge in [-0.15, -0.1) is 0 Å². The summed E-state index contributed by atoms with van der Waals surface area (Å²) in [6.07, 6.45) is 2.91. The number of fused-ring (bicyclic) bond motifs is 1. The molecule has 1 N–H and O–H groups in total. The highest BCUT2D eigenvalue weighted by molar-refractivity contribution is 5.78. The molecule has 1 aliphatic heterocycles. The molecule has 8 heteroatoms. The molecule has 1 aromatic heterocycles. The van der Waals surface area contributed by atoms with Gasteiger partial charge in [0.05, 0.1) is 22.5 Å². The van der Waals surface area contributed by atoms with Crippen LogP contribution in [0.15, 0.2) is 72.8 Å². The molecule has 0 radical (unpaired) electrons. The maximum atomic E-state index is 13.4. The Morgan fingerprint density at radius 2 is 1.66 bits per heavy atom. The van der Waals surface area contributed by atoms with Crippen molar-refractivity contribution in [3.8, 4) is 0 Å². The maximum Gasteiger partial charge on any atom is 0.269 e. The van der Waals surface area contributed by atoms with E-state index in [0.29, 0.717) is 12.6 Å². The van der Waals surface area contributed by atoms with E-state index >= 15 is 0 Å². The minimum atomic E-state index is -0.366. The van der Waals surface area contributed by atoms with E-state index in [4.69, 9.17) is 4.98 Å². The predicted octanol–water partition coefficient (Wildman–Crippen LogP) is 5.25. The fraction of sp³-hybridized carbons (Fsp3) is 0.296. The molecule has 2 heterocycles. The van der Waals surface area contributed by atoms with Crippen LogP contribution in [0.25, 0.3) is 11.0 Å². The normalized spacial score (nSPS) is 14.9. The van der Waals surface area contributed by atoms with Crippen LogP contribution in [-0.4, -0.2) is 45.1 Å². The molecule has 1 saturated heterocycles. The van der Waals surface area contributed by atoms with Gasteiger partial charge in [0.2, 0.25) is 5.95 Å². The zero-order valence-electron chi connectivity index (χ0n) is 19.4. The van der Waals surface area contributed by atoms with E-state index in [1.807, 2.05) is 42.5 Å². The Bertz CT molecular complexity index is 1300. The average Bonchev–Trinajstić information content (AvgIpc) is 3.22. The Hall–Kier alpha value is -3.78. The van der Waals surface area contributed by atoms with E-state index in [1.54, 1.807) is 12.1 Å². The summed E-state index contributed by atoms with van der Waals surface area (Å²) in [5.74, 6) is 0.614. The number of nitro benzene ring substituents is 1. The van der Waals surface area contributed by atoms with E-state index in [2.05, 4.69) is 20.9 Å². The zero-order chi connectivity index (χ0) is 24.2. The number of benzene rings is 3. The number of nitro groups is 1. The van der Waals surface area contributed by atoms with Gasteiger partial charge in [-0.2, -0.15) is 0 Å². The highest BCUT2D eigenvalue weighted by atomic mass is 19.1. The lowest BCUT2D eigenvalue weighted by molar-refractivity contribution is -0.384. The highest BCUT2D eigenvalue weighted by Gasteiger charge is 2.21. The lowest BCUT2D eigenvalue weighted by Gasteiger charge is -2.32. The largest absolute Gasteiger partial charge is 0.353 e. The van der Waals surface area contributed by atoms with Gasteiger partial charge in [-0.05, 0) is 54.7 Å². The van der Waals surface area contributed by atoms with Crippen molar-refractivity contribution in [2.24, 2.45) is 0 Å². The first-order valence-electron chi connectivity index (χ1n) is 12.0. The van der Waals surface area contributed by atoms with Crippen LogP contribution in [0.5, 0.6) is 0 Å². The monoisotopic (exact) mass is 473 g/mol. The molecule has 0 saturated carbocycles. The van der Waals surface area contributed by atoms with Gasteiger partial charge in [-0.1, -0.05) is 36.4 Å². The van der Waals surface area contributed by atoms with Crippen LogP contribution in [0.2, 0.25) is 0 Å². The minimum absolute atomic E-state index is 0.131. The van der Waals surface area contributed by atoms with E-state index in [1.165, 1.54) is 12.1 Å². The van der Waals surface area contributed by atoms with Gasteiger partial charge in [0, 0.05) is 37.8 Å². The summed E-state index contributed by atoms with van der Waals surface area (Å²) >= 11 is 0. The van der Waals surface area contributed by atoms with Gasteiger partial charge in [0.25, 0.3) is 5.69 Å². The molecule has 0 amide bonds. The molecule has 7 nitrogen and oxygen atoms in total. The van der Waals surface area contributed by atoms with Gasteiger partial charge >= 0.3 is 0 Å². The van der Waals surface area contributed by atoms with Gasteiger partial charge < -0.3 is 14.8 Å². The van der Waals surface area contributed by atoms with Gasteiger partial charge in [-0.3, -0.25) is 10.1 Å². The van der Waals surface area contributed by atoms with E-state index in [0.717, 1.165) is 67.0 Å². The van der Waals surface area contributed by atoms with Crippen LogP contribution in [0.1, 0.15) is 24.0 Å². The molecule has 4 aromatic rings. The number of rotatable bonds is 8. The van der Waals surface area contributed by atoms with Crippen molar-refractivity contribution in [2.75, 3.05) is 25.0 Å². The first-order valence-corrected chi connectivity index (χ1v) is 12.0. The minimum Gasteiger partial charge on any atom is -0.353 e. The average molecular weight is 474 g/mol. The zero-order valence-corrected chi connectivity index (χ0v) is 19.4.